The first-order valence-electron chi connectivity index (χ1n) is 9.63. The predicted molar refractivity (Wildman–Crippen MR) is 95.9 cm³/mol. The Morgan fingerprint density at radius 2 is 1.93 bits per heavy atom. The van der Waals surface area contributed by atoms with E-state index in [0.717, 1.165) is 0 Å². The number of hydrogen-bond acceptors (Lipinski definition) is 10. The van der Waals surface area contributed by atoms with Crippen LogP contribution in [0.2, 0.25) is 0 Å². The number of hydrogen-bond donors (Lipinski definition) is 3. The number of aldehydes is 1. The third kappa shape index (κ3) is 6.05. The zero-order chi connectivity index (χ0) is 22.3. The number of ether oxygens (including phenoxy) is 2. The van der Waals surface area contributed by atoms with Gasteiger partial charge in [0.1, 0.15) is 12.3 Å². The van der Waals surface area contributed by atoms with Crippen molar-refractivity contribution in [3.63, 3.8) is 0 Å². The molecule has 5 unspecified atom stereocenters. The van der Waals surface area contributed by atoms with Crippen LogP contribution in [0.25, 0.3) is 0 Å². The van der Waals surface area contributed by atoms with E-state index in [9.17, 15) is 34.2 Å². The maximum atomic E-state index is 11.7. The fourth-order valence-corrected chi connectivity index (χ4v) is 3.21. The minimum atomic E-state index is -1.31. The summed E-state index contributed by atoms with van der Waals surface area (Å²) in [5.74, 6) is -3.33. The maximum absolute atomic E-state index is 11.7. The highest BCUT2D eigenvalue weighted by Crippen LogP contribution is 2.26. The van der Waals surface area contributed by atoms with E-state index in [4.69, 9.17) is 14.3 Å². The molecule has 0 aromatic carbocycles. The van der Waals surface area contributed by atoms with Crippen LogP contribution in [0.15, 0.2) is 0 Å². The molecule has 12 heteroatoms. The zero-order valence-corrected chi connectivity index (χ0v) is 16.5. The largest absolute Gasteiger partial charge is 0.394 e. The van der Waals surface area contributed by atoms with Gasteiger partial charge in [0.25, 0.3) is 11.8 Å². The minimum absolute atomic E-state index is 0.0163. The number of amides is 3. The van der Waals surface area contributed by atoms with Crippen molar-refractivity contribution < 1.29 is 48.5 Å². The Morgan fingerprint density at radius 3 is 2.50 bits per heavy atom. The molecule has 0 aromatic heterocycles. The van der Waals surface area contributed by atoms with Gasteiger partial charge in [-0.25, -0.2) is 4.79 Å². The Labute approximate surface area is 172 Å². The highest BCUT2D eigenvalue weighted by molar-refractivity contribution is 6.01. The molecule has 168 valence electrons. The maximum Gasteiger partial charge on any atom is 0.333 e. The average molecular weight is 430 g/mol. The van der Waals surface area contributed by atoms with Crippen molar-refractivity contribution >= 4 is 30.0 Å². The molecule has 5 atom stereocenters. The number of imide groups is 1. The second-order valence-corrected chi connectivity index (χ2v) is 7.03. The van der Waals surface area contributed by atoms with Crippen LogP contribution >= 0.6 is 0 Å². The Morgan fingerprint density at radius 1 is 1.27 bits per heavy atom. The van der Waals surface area contributed by atoms with E-state index in [1.807, 2.05) is 0 Å². The average Bonchev–Trinajstić information content (AvgIpc) is 3.01. The number of hydroxylamine groups is 2. The number of nitrogens with zero attached hydrogens (tertiary/aromatic N) is 1. The molecule has 2 aliphatic heterocycles. The molecule has 0 aromatic rings. The normalized spacial score (nSPS) is 29.0. The Hall–Kier alpha value is -2.41. The number of aliphatic hydroxyl groups is 2. The Bertz CT molecular complexity index is 653. The van der Waals surface area contributed by atoms with E-state index in [1.54, 1.807) is 0 Å². The summed E-state index contributed by atoms with van der Waals surface area (Å²) in [5, 5.41) is 22.7. The fourth-order valence-electron chi connectivity index (χ4n) is 3.21. The Kier molecular flexibility index (Phi) is 8.84. The molecule has 3 N–H and O–H groups in total. The lowest BCUT2D eigenvalue weighted by Gasteiger charge is -2.42. The van der Waals surface area contributed by atoms with Crippen LogP contribution in [0.4, 0.5) is 0 Å². The van der Waals surface area contributed by atoms with Crippen LogP contribution in [-0.2, 0) is 38.3 Å². The van der Waals surface area contributed by atoms with Gasteiger partial charge in [-0.1, -0.05) is 0 Å². The van der Waals surface area contributed by atoms with E-state index in [1.165, 1.54) is 6.92 Å². The summed E-state index contributed by atoms with van der Waals surface area (Å²) in [6.45, 7) is 0.790. The van der Waals surface area contributed by atoms with Crippen molar-refractivity contribution in [2.24, 2.45) is 5.92 Å². The fraction of sp³-hybridized carbons (Fsp3) is 0.722. The minimum Gasteiger partial charge on any atom is -0.394 e. The number of unbranched alkanes of at least 4 members (excludes halogenated alkanes) is 1. The quantitative estimate of drug-likeness (QED) is 0.204. The number of carbonyl (C=O) groups is 5. The van der Waals surface area contributed by atoms with Crippen molar-refractivity contribution in [2.45, 2.75) is 63.6 Å². The van der Waals surface area contributed by atoms with E-state index < -0.39 is 60.8 Å². The van der Waals surface area contributed by atoms with Crippen molar-refractivity contribution in [3.05, 3.63) is 0 Å². The highest BCUT2D eigenvalue weighted by atomic mass is 16.7. The van der Waals surface area contributed by atoms with Crippen LogP contribution in [-0.4, -0.2) is 83.0 Å². The van der Waals surface area contributed by atoms with Gasteiger partial charge in [-0.2, -0.15) is 0 Å². The van der Waals surface area contributed by atoms with Gasteiger partial charge in [0.15, 0.2) is 6.29 Å². The first-order chi connectivity index (χ1) is 14.3. The zero-order valence-electron chi connectivity index (χ0n) is 16.5. The first kappa shape index (κ1) is 23.9. The van der Waals surface area contributed by atoms with Crippen molar-refractivity contribution in [1.82, 2.24) is 10.4 Å². The van der Waals surface area contributed by atoms with Gasteiger partial charge in [0.2, 0.25) is 5.91 Å². The predicted octanol–water partition coefficient (Wildman–Crippen LogP) is -1.82. The third-order valence-corrected chi connectivity index (χ3v) is 4.76. The number of rotatable bonds is 10. The SMILES string of the molecule is CC(=O)NC1C(OCCCCC(=O)ON2C(=O)CCC2=O)OC(CO)C(C=O)C1O. The van der Waals surface area contributed by atoms with Gasteiger partial charge < -0.3 is 34.6 Å². The van der Waals surface area contributed by atoms with Gasteiger partial charge in [-0.3, -0.25) is 14.4 Å². The molecular formula is C18H26N2O10. The van der Waals surface area contributed by atoms with Gasteiger partial charge in [-0.05, 0) is 12.8 Å². The third-order valence-electron chi connectivity index (χ3n) is 4.76. The number of carbonyl (C=O) groups excluding carboxylic acids is 5. The summed E-state index contributed by atoms with van der Waals surface area (Å²) in [5.41, 5.74) is 0. The van der Waals surface area contributed by atoms with E-state index in [0.29, 0.717) is 24.2 Å². The van der Waals surface area contributed by atoms with E-state index >= 15 is 0 Å². The second-order valence-electron chi connectivity index (χ2n) is 7.03. The molecule has 30 heavy (non-hydrogen) atoms. The summed E-state index contributed by atoms with van der Waals surface area (Å²) in [6, 6.07) is -1.02. The molecule has 2 saturated heterocycles. The first-order valence-corrected chi connectivity index (χ1v) is 9.63. The molecule has 2 rings (SSSR count). The van der Waals surface area contributed by atoms with Gasteiger partial charge in [0, 0.05) is 32.8 Å². The van der Waals surface area contributed by atoms with E-state index in [-0.39, 0.29) is 25.9 Å². The molecule has 12 nitrogen and oxygen atoms in total. The molecule has 0 radical (unpaired) electrons. The van der Waals surface area contributed by atoms with Gasteiger partial charge >= 0.3 is 5.97 Å². The van der Waals surface area contributed by atoms with Crippen LogP contribution in [0, 0.1) is 5.92 Å². The molecule has 0 aliphatic carbocycles. The standard InChI is InChI=1S/C18H26N2O10/c1-10(23)19-16-17(27)11(8-21)12(9-22)29-18(16)28-7-3-2-4-15(26)30-20-13(24)5-6-14(20)25/h8,11-12,16-18,22,27H,2-7,9H2,1H3,(H,19,23). The van der Waals surface area contributed by atoms with Crippen LogP contribution in [0.5, 0.6) is 0 Å². The van der Waals surface area contributed by atoms with Gasteiger partial charge in [0.05, 0.1) is 24.7 Å². The lowest BCUT2D eigenvalue weighted by molar-refractivity contribution is -0.251. The number of aliphatic hydroxyl groups excluding tert-OH is 2. The monoisotopic (exact) mass is 430 g/mol. The molecule has 2 heterocycles. The van der Waals surface area contributed by atoms with Crippen molar-refractivity contribution in [3.8, 4) is 0 Å². The highest BCUT2D eigenvalue weighted by Gasteiger charge is 2.45. The summed E-state index contributed by atoms with van der Waals surface area (Å²) < 4.78 is 11.1. The van der Waals surface area contributed by atoms with Crippen LogP contribution in [0.3, 0.4) is 0 Å². The van der Waals surface area contributed by atoms with Crippen molar-refractivity contribution in [2.75, 3.05) is 13.2 Å². The lowest BCUT2D eigenvalue weighted by Crippen LogP contribution is -2.62. The smallest absolute Gasteiger partial charge is 0.333 e. The molecule has 0 saturated carbocycles. The molecule has 0 spiro atoms. The summed E-state index contributed by atoms with van der Waals surface area (Å²) in [4.78, 5) is 61.9. The summed E-state index contributed by atoms with van der Waals surface area (Å²) >= 11 is 0. The number of nitrogens with one attached hydrogen (secondary N) is 1. The second kappa shape index (κ2) is 11.1. The van der Waals surface area contributed by atoms with Crippen molar-refractivity contribution in [1.29, 1.82) is 0 Å². The summed E-state index contributed by atoms with van der Waals surface area (Å²) in [6.07, 6.45) is -2.30. The van der Waals surface area contributed by atoms with Gasteiger partial charge in [-0.15, -0.1) is 5.06 Å². The molecule has 2 fully saturated rings. The van der Waals surface area contributed by atoms with Crippen LogP contribution < -0.4 is 5.32 Å². The van der Waals surface area contributed by atoms with E-state index in [2.05, 4.69) is 5.32 Å². The summed E-state index contributed by atoms with van der Waals surface area (Å²) in [7, 11) is 0. The Balaban J connectivity index is 1.79. The molecular weight excluding hydrogens is 404 g/mol. The molecule has 3 amide bonds. The topological polar surface area (TPSA) is 169 Å². The molecule has 0 bridgehead atoms. The molecule has 2 aliphatic rings. The van der Waals surface area contributed by atoms with Crippen LogP contribution in [0.1, 0.15) is 39.0 Å². The lowest BCUT2D eigenvalue weighted by atomic mass is 9.89.